The lowest BCUT2D eigenvalue weighted by molar-refractivity contribution is 0.568. The summed E-state index contributed by atoms with van der Waals surface area (Å²) in [6.07, 6.45) is 5.64. The molecule has 0 spiro atoms. The van der Waals surface area contributed by atoms with Gasteiger partial charge in [-0.15, -0.1) is 0 Å². The molecule has 148 valence electrons. The van der Waals surface area contributed by atoms with Gasteiger partial charge in [0.05, 0.1) is 35.0 Å². The Balaban J connectivity index is 1.77. The quantitative estimate of drug-likeness (QED) is 0.491. The average molecular weight is 403 g/mol. The zero-order valence-corrected chi connectivity index (χ0v) is 15.8. The molecule has 4 aromatic heterocycles. The summed E-state index contributed by atoms with van der Waals surface area (Å²) >= 11 is 0. The molecule has 5 aromatic rings. The van der Waals surface area contributed by atoms with E-state index in [1.807, 2.05) is 6.92 Å². The number of halogens is 2. The van der Waals surface area contributed by atoms with Gasteiger partial charge in [-0.05, 0) is 37.3 Å². The first-order chi connectivity index (χ1) is 14.5. The first-order valence-electron chi connectivity index (χ1n) is 9.16. The van der Waals surface area contributed by atoms with Crippen LogP contribution in [0.3, 0.4) is 0 Å². The van der Waals surface area contributed by atoms with Crippen LogP contribution in [0.5, 0.6) is 0 Å². The molecule has 0 radical (unpaired) electrons. The molecular formula is C21H15F2N7. The Kier molecular flexibility index (Phi) is 4.09. The molecule has 1 atom stereocenters. The Hall–Kier alpha value is -4.01. The molecule has 0 aliphatic rings. The molecule has 0 bridgehead atoms. The average Bonchev–Trinajstić information content (AvgIpc) is 3.18. The number of aromatic nitrogens is 6. The number of nitrogens with two attached hydrogens (primary N) is 1. The Bertz CT molecular complexity index is 1410. The van der Waals surface area contributed by atoms with Crippen molar-refractivity contribution in [1.29, 1.82) is 0 Å². The highest BCUT2D eigenvalue weighted by molar-refractivity contribution is 5.86. The Morgan fingerprint density at radius 2 is 1.87 bits per heavy atom. The zero-order valence-electron chi connectivity index (χ0n) is 15.8. The number of hydrogen-bond acceptors (Lipinski definition) is 6. The Morgan fingerprint density at radius 3 is 2.70 bits per heavy atom. The van der Waals surface area contributed by atoms with Crippen LogP contribution < -0.4 is 5.73 Å². The van der Waals surface area contributed by atoms with Gasteiger partial charge in [0.1, 0.15) is 23.8 Å². The molecule has 30 heavy (non-hydrogen) atoms. The van der Waals surface area contributed by atoms with Crippen LogP contribution in [-0.4, -0.2) is 29.7 Å². The molecular weight excluding hydrogens is 388 g/mol. The molecule has 4 heterocycles. The van der Waals surface area contributed by atoms with Crippen molar-refractivity contribution in [1.82, 2.24) is 29.7 Å². The monoisotopic (exact) mass is 403 g/mol. The van der Waals surface area contributed by atoms with Crippen LogP contribution in [0, 0.1) is 11.6 Å². The fourth-order valence-corrected chi connectivity index (χ4v) is 3.55. The van der Waals surface area contributed by atoms with Gasteiger partial charge < -0.3 is 5.73 Å². The van der Waals surface area contributed by atoms with Crippen LogP contribution in [-0.2, 0) is 0 Å². The van der Waals surface area contributed by atoms with E-state index in [2.05, 4.69) is 20.1 Å². The number of pyridine rings is 2. The summed E-state index contributed by atoms with van der Waals surface area (Å²) in [7, 11) is 0. The third kappa shape index (κ3) is 2.91. The molecule has 5 rings (SSSR count). The van der Waals surface area contributed by atoms with Gasteiger partial charge in [0.2, 0.25) is 0 Å². The minimum absolute atomic E-state index is 0.329. The van der Waals surface area contributed by atoms with Crippen LogP contribution in [0.4, 0.5) is 14.6 Å². The summed E-state index contributed by atoms with van der Waals surface area (Å²) in [5, 5.41) is 5.65. The highest BCUT2D eigenvalue weighted by Crippen LogP contribution is 2.33. The lowest BCUT2D eigenvalue weighted by Crippen LogP contribution is -2.12. The lowest BCUT2D eigenvalue weighted by Gasteiger charge is -2.18. The van der Waals surface area contributed by atoms with Crippen LogP contribution in [0.2, 0.25) is 0 Å². The van der Waals surface area contributed by atoms with Crippen molar-refractivity contribution >= 4 is 27.8 Å². The lowest BCUT2D eigenvalue weighted by atomic mass is 9.99. The maximum absolute atomic E-state index is 13.9. The second-order valence-corrected chi connectivity index (χ2v) is 6.91. The van der Waals surface area contributed by atoms with E-state index in [0.29, 0.717) is 44.6 Å². The van der Waals surface area contributed by atoms with Crippen molar-refractivity contribution in [2.24, 2.45) is 0 Å². The van der Waals surface area contributed by atoms with E-state index in [9.17, 15) is 8.78 Å². The van der Waals surface area contributed by atoms with Crippen molar-refractivity contribution in [3.8, 4) is 11.1 Å². The van der Waals surface area contributed by atoms with Gasteiger partial charge in [-0.25, -0.2) is 28.4 Å². The Morgan fingerprint density at radius 1 is 1.00 bits per heavy atom. The summed E-state index contributed by atoms with van der Waals surface area (Å²) in [4.78, 5) is 17.0. The number of fused-ring (bicyclic) bond motifs is 2. The van der Waals surface area contributed by atoms with Crippen LogP contribution >= 0.6 is 0 Å². The van der Waals surface area contributed by atoms with Crippen LogP contribution in [0.15, 0.2) is 55.2 Å². The van der Waals surface area contributed by atoms with Crippen LogP contribution in [0.25, 0.3) is 33.1 Å². The van der Waals surface area contributed by atoms with Crippen LogP contribution in [0.1, 0.15) is 18.7 Å². The molecule has 0 saturated carbocycles. The van der Waals surface area contributed by atoms with Gasteiger partial charge >= 0.3 is 0 Å². The minimum Gasteiger partial charge on any atom is -0.383 e. The van der Waals surface area contributed by atoms with E-state index in [4.69, 9.17) is 10.7 Å². The van der Waals surface area contributed by atoms with E-state index >= 15 is 0 Å². The van der Waals surface area contributed by atoms with Gasteiger partial charge in [0.15, 0.2) is 5.65 Å². The third-order valence-corrected chi connectivity index (χ3v) is 5.01. The van der Waals surface area contributed by atoms with E-state index in [-0.39, 0.29) is 11.9 Å². The van der Waals surface area contributed by atoms with Crippen molar-refractivity contribution in [2.75, 3.05) is 5.73 Å². The first-order valence-corrected chi connectivity index (χ1v) is 9.16. The summed E-state index contributed by atoms with van der Waals surface area (Å²) in [6, 6.07) is 7.12. The fraction of sp³-hybridized carbons (Fsp3) is 0.0952. The zero-order chi connectivity index (χ0) is 20.8. The van der Waals surface area contributed by atoms with Gasteiger partial charge in [-0.3, -0.25) is 4.98 Å². The molecule has 9 heteroatoms. The highest BCUT2D eigenvalue weighted by atomic mass is 19.1. The molecule has 0 aliphatic carbocycles. The predicted molar refractivity (Wildman–Crippen MR) is 108 cm³/mol. The van der Waals surface area contributed by atoms with Gasteiger partial charge in [0.25, 0.3) is 0 Å². The largest absolute Gasteiger partial charge is 0.383 e. The number of anilines is 1. The maximum Gasteiger partial charge on any atom is 0.163 e. The van der Waals surface area contributed by atoms with E-state index in [0.717, 1.165) is 6.20 Å². The molecule has 0 saturated heterocycles. The van der Waals surface area contributed by atoms with E-state index in [1.165, 1.54) is 24.5 Å². The van der Waals surface area contributed by atoms with E-state index < -0.39 is 5.82 Å². The molecule has 0 aliphatic heterocycles. The number of nitrogens with zero attached hydrogens (tertiary/aromatic N) is 6. The normalized spacial score (nSPS) is 12.5. The summed E-state index contributed by atoms with van der Waals surface area (Å²) in [6.45, 7) is 1.90. The predicted octanol–water partition coefficient (Wildman–Crippen LogP) is 3.91. The molecule has 1 aromatic carbocycles. The third-order valence-electron chi connectivity index (χ3n) is 5.01. The number of rotatable bonds is 3. The standard InChI is InChI=1S/C21H15F2N7/c1-11(30-21-17(9-28-30)20(24)26-10-27-21)19-16(13-5-15(23)8-25-7-13)6-12-4-14(22)2-3-18(12)29-19/h2-11H,1H3,(H2,24,26,27). The fourth-order valence-electron chi connectivity index (χ4n) is 3.55. The van der Waals surface area contributed by atoms with Crippen molar-refractivity contribution in [3.63, 3.8) is 0 Å². The molecule has 1 unspecified atom stereocenters. The highest BCUT2D eigenvalue weighted by Gasteiger charge is 2.21. The molecule has 0 fully saturated rings. The summed E-state index contributed by atoms with van der Waals surface area (Å²) < 4.78 is 29.4. The van der Waals surface area contributed by atoms with Crippen molar-refractivity contribution in [2.45, 2.75) is 13.0 Å². The second-order valence-electron chi connectivity index (χ2n) is 6.91. The molecule has 7 nitrogen and oxygen atoms in total. The minimum atomic E-state index is -0.476. The SMILES string of the molecule is CC(c1nc2ccc(F)cc2cc1-c1cncc(F)c1)n1ncc2c(N)ncnc21. The van der Waals surface area contributed by atoms with Crippen molar-refractivity contribution < 1.29 is 8.78 Å². The van der Waals surface area contributed by atoms with E-state index in [1.54, 1.807) is 29.2 Å². The van der Waals surface area contributed by atoms with Crippen molar-refractivity contribution in [3.05, 3.63) is 72.6 Å². The second kappa shape index (κ2) is 6.80. The molecule has 2 N–H and O–H groups in total. The van der Waals surface area contributed by atoms with Gasteiger partial charge in [-0.1, -0.05) is 0 Å². The van der Waals surface area contributed by atoms with Gasteiger partial charge in [-0.2, -0.15) is 5.10 Å². The smallest absolute Gasteiger partial charge is 0.163 e. The number of hydrogen-bond donors (Lipinski definition) is 1. The summed E-state index contributed by atoms with van der Waals surface area (Å²) in [5.74, 6) is -0.524. The number of nitrogen functional groups attached to an aromatic ring is 1. The maximum atomic E-state index is 13.9. The number of benzene rings is 1. The molecule has 0 amide bonds. The van der Waals surface area contributed by atoms with Gasteiger partial charge in [0, 0.05) is 22.7 Å². The Labute approximate surface area is 169 Å². The topological polar surface area (TPSA) is 95.4 Å². The first kappa shape index (κ1) is 18.0. The summed E-state index contributed by atoms with van der Waals surface area (Å²) in [5.41, 5.74) is 8.86.